The predicted octanol–water partition coefficient (Wildman–Crippen LogP) is 4.57. The largest absolute Gasteiger partial charge is 0.265 e. The fourth-order valence-electron chi connectivity index (χ4n) is 2.01. The Bertz CT molecular complexity index is 624. The number of hydrogen-bond acceptors (Lipinski definition) is 2. The van der Waals surface area contributed by atoms with Crippen molar-refractivity contribution >= 4 is 15.9 Å². The maximum atomic E-state index is 4.05. The molecule has 0 unspecified atom stereocenters. The van der Waals surface area contributed by atoms with Gasteiger partial charge < -0.3 is 0 Å². The highest BCUT2D eigenvalue weighted by molar-refractivity contribution is 9.10. The average molecular weight is 311 g/mol. The van der Waals surface area contributed by atoms with E-state index >= 15 is 0 Å². The molecule has 0 aliphatic carbocycles. The molecule has 0 amide bonds. The van der Waals surface area contributed by atoms with E-state index in [0.29, 0.717) is 0 Å². The minimum atomic E-state index is 1.06. The third kappa shape index (κ3) is 2.71. The molecule has 3 heteroatoms. The predicted molar refractivity (Wildman–Crippen MR) is 80.6 cm³/mol. The van der Waals surface area contributed by atoms with Gasteiger partial charge in [-0.1, -0.05) is 15.9 Å². The molecule has 3 aromatic rings. The molecule has 0 saturated carbocycles. The molecule has 3 rings (SSSR count). The monoisotopic (exact) mass is 310 g/mol. The third-order valence-electron chi connectivity index (χ3n) is 2.93. The van der Waals surface area contributed by atoms with E-state index in [0.717, 1.165) is 15.6 Å². The van der Waals surface area contributed by atoms with Crippen molar-refractivity contribution in [2.75, 3.05) is 0 Å². The summed E-state index contributed by atoms with van der Waals surface area (Å²) in [4.78, 5) is 8.11. The topological polar surface area (TPSA) is 25.8 Å². The Morgan fingerprint density at radius 3 is 1.42 bits per heavy atom. The summed E-state index contributed by atoms with van der Waals surface area (Å²) in [5.41, 5.74) is 4.66. The molecule has 0 aliphatic heterocycles. The van der Waals surface area contributed by atoms with Gasteiger partial charge in [-0.3, -0.25) is 9.97 Å². The van der Waals surface area contributed by atoms with Crippen molar-refractivity contribution in [1.82, 2.24) is 9.97 Å². The lowest BCUT2D eigenvalue weighted by molar-refractivity contribution is 1.32. The quantitative estimate of drug-likeness (QED) is 0.692. The van der Waals surface area contributed by atoms with Crippen LogP contribution in [0.1, 0.15) is 0 Å². The van der Waals surface area contributed by atoms with Gasteiger partial charge in [0.1, 0.15) is 0 Å². The number of pyridine rings is 2. The molecule has 0 bridgehead atoms. The van der Waals surface area contributed by atoms with Crippen LogP contribution in [0.4, 0.5) is 0 Å². The molecule has 0 spiro atoms. The molecule has 19 heavy (non-hydrogen) atoms. The number of rotatable bonds is 2. The Morgan fingerprint density at radius 1 is 0.579 bits per heavy atom. The third-order valence-corrected chi connectivity index (χ3v) is 3.38. The van der Waals surface area contributed by atoms with Crippen molar-refractivity contribution in [3.63, 3.8) is 0 Å². The summed E-state index contributed by atoms with van der Waals surface area (Å²) in [5.74, 6) is 0. The van der Waals surface area contributed by atoms with Crippen LogP contribution in [0.15, 0.2) is 71.7 Å². The van der Waals surface area contributed by atoms with Gasteiger partial charge in [-0.25, -0.2) is 0 Å². The van der Waals surface area contributed by atoms with Gasteiger partial charge in [-0.05, 0) is 64.7 Å². The lowest BCUT2D eigenvalue weighted by Crippen LogP contribution is -1.83. The van der Waals surface area contributed by atoms with Crippen LogP contribution < -0.4 is 0 Å². The van der Waals surface area contributed by atoms with Crippen molar-refractivity contribution in [2.45, 2.75) is 0 Å². The Labute approximate surface area is 120 Å². The summed E-state index contributed by atoms with van der Waals surface area (Å²) in [6.07, 6.45) is 7.23. The zero-order valence-electron chi connectivity index (χ0n) is 10.1. The zero-order chi connectivity index (χ0) is 13.1. The van der Waals surface area contributed by atoms with E-state index in [4.69, 9.17) is 0 Å². The molecule has 0 fully saturated rings. The van der Waals surface area contributed by atoms with Crippen molar-refractivity contribution < 1.29 is 0 Å². The molecule has 0 atom stereocenters. The molecular formula is C16H11BrN2. The highest BCUT2D eigenvalue weighted by Crippen LogP contribution is 2.29. The summed E-state index contributed by atoms with van der Waals surface area (Å²) < 4.78 is 1.06. The van der Waals surface area contributed by atoms with Crippen LogP contribution >= 0.6 is 15.9 Å². The zero-order valence-corrected chi connectivity index (χ0v) is 11.7. The van der Waals surface area contributed by atoms with Gasteiger partial charge in [0.15, 0.2) is 0 Å². The average Bonchev–Trinajstić information content (AvgIpc) is 2.48. The smallest absolute Gasteiger partial charge is 0.0273 e. The minimum Gasteiger partial charge on any atom is -0.265 e. The first-order chi connectivity index (χ1) is 9.33. The summed E-state index contributed by atoms with van der Waals surface area (Å²) in [6, 6.07) is 14.4. The number of benzene rings is 1. The Balaban J connectivity index is 2.12. The van der Waals surface area contributed by atoms with Gasteiger partial charge in [0, 0.05) is 29.3 Å². The normalized spacial score (nSPS) is 10.4. The lowest BCUT2D eigenvalue weighted by Gasteiger charge is -2.07. The Kier molecular flexibility index (Phi) is 3.38. The minimum absolute atomic E-state index is 1.06. The Hall–Kier alpha value is -2.00. The number of nitrogens with zero attached hydrogens (tertiary/aromatic N) is 2. The molecule has 2 nitrogen and oxygen atoms in total. The van der Waals surface area contributed by atoms with Gasteiger partial charge in [0.05, 0.1) is 0 Å². The van der Waals surface area contributed by atoms with Crippen molar-refractivity contribution in [3.8, 4) is 22.3 Å². The second kappa shape index (κ2) is 5.33. The highest BCUT2D eigenvalue weighted by atomic mass is 79.9. The molecule has 92 valence electrons. The van der Waals surface area contributed by atoms with E-state index < -0.39 is 0 Å². The van der Waals surface area contributed by atoms with Crippen molar-refractivity contribution in [2.24, 2.45) is 0 Å². The molecule has 0 radical (unpaired) electrons. The maximum absolute atomic E-state index is 4.05. The van der Waals surface area contributed by atoms with Crippen LogP contribution in [-0.4, -0.2) is 9.97 Å². The fraction of sp³-hybridized carbons (Fsp3) is 0. The van der Waals surface area contributed by atoms with Crippen molar-refractivity contribution in [3.05, 3.63) is 71.7 Å². The van der Waals surface area contributed by atoms with Crippen LogP contribution in [0.25, 0.3) is 22.3 Å². The van der Waals surface area contributed by atoms with E-state index in [1.165, 1.54) is 11.1 Å². The van der Waals surface area contributed by atoms with E-state index in [1.54, 1.807) is 0 Å². The van der Waals surface area contributed by atoms with Gasteiger partial charge >= 0.3 is 0 Å². The SMILES string of the molecule is Brc1cc(-c2ccncc2)cc(-c2ccncc2)c1. The summed E-state index contributed by atoms with van der Waals surface area (Å²) >= 11 is 3.58. The first-order valence-electron chi connectivity index (χ1n) is 5.94. The Morgan fingerprint density at radius 2 is 1.00 bits per heavy atom. The molecule has 0 aliphatic rings. The lowest BCUT2D eigenvalue weighted by atomic mass is 10.0. The summed E-state index contributed by atoms with van der Waals surface area (Å²) in [5, 5.41) is 0. The highest BCUT2D eigenvalue weighted by Gasteiger charge is 2.03. The van der Waals surface area contributed by atoms with E-state index in [1.807, 2.05) is 49.1 Å². The van der Waals surface area contributed by atoms with Crippen LogP contribution in [0, 0.1) is 0 Å². The number of hydrogen-bond donors (Lipinski definition) is 0. The van der Waals surface area contributed by atoms with Gasteiger partial charge in [-0.2, -0.15) is 0 Å². The fourth-order valence-corrected chi connectivity index (χ4v) is 2.50. The van der Waals surface area contributed by atoms with Gasteiger partial charge in [0.2, 0.25) is 0 Å². The first-order valence-corrected chi connectivity index (χ1v) is 6.73. The summed E-state index contributed by atoms with van der Waals surface area (Å²) in [6.45, 7) is 0. The van der Waals surface area contributed by atoms with E-state index in [-0.39, 0.29) is 0 Å². The molecule has 0 N–H and O–H groups in total. The second-order valence-electron chi connectivity index (χ2n) is 4.20. The van der Waals surface area contributed by atoms with Crippen LogP contribution in [0.5, 0.6) is 0 Å². The molecule has 2 heterocycles. The first kappa shape index (κ1) is 12.1. The molecule has 1 aromatic carbocycles. The molecule has 0 saturated heterocycles. The van der Waals surface area contributed by atoms with Crippen LogP contribution in [0.2, 0.25) is 0 Å². The van der Waals surface area contributed by atoms with Gasteiger partial charge in [0.25, 0.3) is 0 Å². The van der Waals surface area contributed by atoms with Gasteiger partial charge in [-0.15, -0.1) is 0 Å². The molecule has 2 aromatic heterocycles. The van der Waals surface area contributed by atoms with Crippen molar-refractivity contribution in [1.29, 1.82) is 0 Å². The number of halogens is 1. The second-order valence-corrected chi connectivity index (χ2v) is 5.12. The number of aromatic nitrogens is 2. The standard InChI is InChI=1S/C16H11BrN2/c17-16-10-14(12-1-5-18-6-2-12)9-15(11-16)13-3-7-19-8-4-13/h1-11H. The molecular weight excluding hydrogens is 300 g/mol. The van der Waals surface area contributed by atoms with E-state index in [2.05, 4.69) is 44.1 Å². The van der Waals surface area contributed by atoms with Crippen LogP contribution in [-0.2, 0) is 0 Å². The summed E-state index contributed by atoms with van der Waals surface area (Å²) in [7, 11) is 0. The van der Waals surface area contributed by atoms with Crippen LogP contribution in [0.3, 0.4) is 0 Å². The maximum Gasteiger partial charge on any atom is 0.0273 e. The van der Waals surface area contributed by atoms with E-state index in [9.17, 15) is 0 Å².